The summed E-state index contributed by atoms with van der Waals surface area (Å²) in [6, 6.07) is 12.2. The van der Waals surface area contributed by atoms with Gasteiger partial charge in [-0.15, -0.1) is 0 Å². The summed E-state index contributed by atoms with van der Waals surface area (Å²) in [5, 5.41) is 21.5. The zero-order valence-corrected chi connectivity index (χ0v) is 15.1. The highest BCUT2D eigenvalue weighted by Crippen LogP contribution is 2.39. The first-order valence-corrected chi connectivity index (χ1v) is 8.22. The largest absolute Gasteiger partial charge is 0.501 e. The lowest BCUT2D eigenvalue weighted by molar-refractivity contribution is -0.386. The third-order valence-corrected chi connectivity index (χ3v) is 4.21. The number of nitro benzene ring substituents is 1. The molecule has 8 nitrogen and oxygen atoms in total. The summed E-state index contributed by atoms with van der Waals surface area (Å²) in [4.78, 5) is 35.5. The van der Waals surface area contributed by atoms with Gasteiger partial charge in [0.1, 0.15) is 0 Å². The summed E-state index contributed by atoms with van der Waals surface area (Å²) in [6.45, 7) is 1.87. The molecular weight excluding hydrogens is 364 g/mol. The number of aromatic hydroxyl groups is 1. The number of carbonyl (C=O) groups is 1. The highest BCUT2D eigenvalue weighted by Gasteiger charge is 2.27. The Morgan fingerprint density at radius 1 is 1.18 bits per heavy atom. The van der Waals surface area contributed by atoms with Crippen molar-refractivity contribution in [2.45, 2.75) is 6.92 Å². The van der Waals surface area contributed by atoms with E-state index >= 15 is 0 Å². The number of carbonyl (C=O) groups excluding carboxylic acids is 1. The first kappa shape index (κ1) is 18.8. The molecule has 0 fully saturated rings. The Morgan fingerprint density at radius 3 is 2.57 bits per heavy atom. The van der Waals surface area contributed by atoms with Crippen LogP contribution in [0.1, 0.15) is 21.5 Å². The molecule has 0 radical (unpaired) electrons. The van der Waals surface area contributed by atoms with Crippen LogP contribution in [0.3, 0.4) is 0 Å². The molecule has 3 rings (SSSR count). The third-order valence-electron chi connectivity index (χ3n) is 4.21. The number of hydrogen-bond donors (Lipinski definition) is 1. The first-order valence-electron chi connectivity index (χ1n) is 8.22. The average molecular weight is 380 g/mol. The van der Waals surface area contributed by atoms with Gasteiger partial charge >= 0.3 is 5.69 Å². The second-order valence-electron chi connectivity index (χ2n) is 6.06. The highest BCUT2D eigenvalue weighted by molar-refractivity contribution is 6.11. The summed E-state index contributed by atoms with van der Waals surface area (Å²) in [5.74, 6) is -1.61. The van der Waals surface area contributed by atoms with Crippen LogP contribution < -0.4 is 10.3 Å². The van der Waals surface area contributed by atoms with Gasteiger partial charge in [-0.25, -0.2) is 0 Å². The van der Waals surface area contributed by atoms with Crippen molar-refractivity contribution in [1.29, 1.82) is 0 Å². The Morgan fingerprint density at radius 2 is 1.93 bits per heavy atom. The van der Waals surface area contributed by atoms with E-state index in [2.05, 4.69) is 0 Å². The zero-order chi connectivity index (χ0) is 20.4. The van der Waals surface area contributed by atoms with E-state index in [1.54, 1.807) is 18.2 Å². The van der Waals surface area contributed by atoms with Crippen molar-refractivity contribution < 1.29 is 19.6 Å². The normalized spacial score (nSPS) is 10.5. The molecule has 0 bridgehead atoms. The summed E-state index contributed by atoms with van der Waals surface area (Å²) in [7, 11) is 1.22. The number of phenolic OH excluding ortho intramolecular Hbond substituents is 1. The molecule has 0 aliphatic rings. The van der Waals surface area contributed by atoms with E-state index < -0.39 is 22.1 Å². The topological polar surface area (TPSA) is 112 Å². The number of aromatic nitrogens is 1. The zero-order valence-electron chi connectivity index (χ0n) is 15.1. The number of methoxy groups -OCH3 is 1. The number of nitrogens with zero attached hydrogens (tertiary/aromatic N) is 2. The number of aryl methyl sites for hydroxylation is 1. The summed E-state index contributed by atoms with van der Waals surface area (Å²) >= 11 is 0. The number of hydrogen-bond acceptors (Lipinski definition) is 6. The second-order valence-corrected chi connectivity index (χ2v) is 6.06. The van der Waals surface area contributed by atoms with Crippen molar-refractivity contribution in [2.75, 3.05) is 7.11 Å². The first-order chi connectivity index (χ1) is 13.3. The minimum atomic E-state index is -0.821. The van der Waals surface area contributed by atoms with Crippen LogP contribution in [0, 0.1) is 17.0 Å². The fourth-order valence-corrected chi connectivity index (χ4v) is 2.84. The van der Waals surface area contributed by atoms with Gasteiger partial charge in [0.25, 0.3) is 5.56 Å². The van der Waals surface area contributed by atoms with Crippen molar-refractivity contribution in [3.8, 4) is 17.2 Å². The van der Waals surface area contributed by atoms with E-state index in [-0.39, 0.29) is 22.4 Å². The van der Waals surface area contributed by atoms with Crippen LogP contribution in [0.4, 0.5) is 5.69 Å². The van der Waals surface area contributed by atoms with Gasteiger partial charge in [-0.2, -0.15) is 0 Å². The maximum atomic E-state index is 12.9. The van der Waals surface area contributed by atoms with Crippen LogP contribution in [0.5, 0.6) is 11.5 Å². The van der Waals surface area contributed by atoms with Crippen LogP contribution in [-0.2, 0) is 0 Å². The number of pyridine rings is 1. The number of rotatable bonds is 5. The number of ether oxygens (including phenoxy) is 1. The molecule has 0 atom stereocenters. The van der Waals surface area contributed by atoms with E-state index in [0.29, 0.717) is 5.69 Å². The second kappa shape index (κ2) is 7.36. The van der Waals surface area contributed by atoms with Crippen LogP contribution in [0.25, 0.3) is 5.69 Å². The highest BCUT2D eigenvalue weighted by atomic mass is 16.6. The summed E-state index contributed by atoms with van der Waals surface area (Å²) in [6.07, 6.45) is 1.34. The molecule has 3 aromatic rings. The van der Waals surface area contributed by atoms with Gasteiger partial charge in [-0.3, -0.25) is 24.3 Å². The molecule has 1 heterocycles. The quantitative estimate of drug-likeness (QED) is 0.414. The molecular formula is C20H16N2O6. The van der Waals surface area contributed by atoms with Gasteiger partial charge < -0.3 is 9.84 Å². The Labute approximate surface area is 159 Å². The molecule has 0 aliphatic carbocycles. The van der Waals surface area contributed by atoms with E-state index in [4.69, 9.17) is 4.74 Å². The predicted molar refractivity (Wildman–Crippen MR) is 102 cm³/mol. The molecule has 0 saturated carbocycles. The lowest BCUT2D eigenvalue weighted by Gasteiger charge is -2.10. The Kier molecular flexibility index (Phi) is 4.95. The van der Waals surface area contributed by atoms with Gasteiger partial charge in [-0.1, -0.05) is 12.1 Å². The molecule has 142 valence electrons. The Bertz CT molecular complexity index is 1150. The maximum Gasteiger partial charge on any atom is 0.352 e. The van der Waals surface area contributed by atoms with Crippen molar-refractivity contribution in [3.05, 3.63) is 91.9 Å². The molecule has 1 N–H and O–H groups in total. The summed E-state index contributed by atoms with van der Waals surface area (Å²) < 4.78 is 6.17. The number of benzene rings is 2. The smallest absolute Gasteiger partial charge is 0.352 e. The number of ketones is 1. The van der Waals surface area contributed by atoms with Gasteiger partial charge in [0.05, 0.1) is 17.6 Å². The molecule has 0 saturated heterocycles. The van der Waals surface area contributed by atoms with E-state index in [1.807, 2.05) is 13.0 Å². The fourth-order valence-electron chi connectivity index (χ4n) is 2.84. The molecule has 28 heavy (non-hydrogen) atoms. The standard InChI is InChI=1S/C20H16N2O6/c1-12-4-3-5-14(10-12)21-11-13(6-9-17(21)23)19(24)15-7-8-16(28-2)18(20(15)25)22(26)27/h3-11,25H,1-2H3. The van der Waals surface area contributed by atoms with Crippen LogP contribution in [-0.4, -0.2) is 27.5 Å². The van der Waals surface area contributed by atoms with E-state index in [1.165, 1.54) is 42.1 Å². The van der Waals surface area contributed by atoms with Crippen molar-refractivity contribution in [3.63, 3.8) is 0 Å². The molecule has 8 heteroatoms. The van der Waals surface area contributed by atoms with E-state index in [0.717, 1.165) is 5.56 Å². The van der Waals surface area contributed by atoms with Gasteiger partial charge in [0, 0.05) is 23.5 Å². The lowest BCUT2D eigenvalue weighted by atomic mass is 10.0. The maximum absolute atomic E-state index is 12.9. The molecule has 0 spiro atoms. The van der Waals surface area contributed by atoms with Crippen LogP contribution in [0.2, 0.25) is 0 Å². The molecule has 0 unspecified atom stereocenters. The molecule has 2 aromatic carbocycles. The Hall–Kier alpha value is -3.94. The molecule has 0 aliphatic heterocycles. The van der Waals surface area contributed by atoms with E-state index in [9.17, 15) is 24.8 Å². The van der Waals surface area contributed by atoms with Crippen molar-refractivity contribution >= 4 is 11.5 Å². The van der Waals surface area contributed by atoms with Crippen LogP contribution >= 0.6 is 0 Å². The third kappa shape index (κ3) is 3.35. The van der Waals surface area contributed by atoms with Gasteiger partial charge in [-0.05, 0) is 42.8 Å². The minimum absolute atomic E-state index is 0.0934. The molecule has 1 aromatic heterocycles. The van der Waals surface area contributed by atoms with Crippen molar-refractivity contribution in [2.24, 2.45) is 0 Å². The Balaban J connectivity index is 2.12. The average Bonchev–Trinajstić information content (AvgIpc) is 2.67. The summed E-state index contributed by atoms with van der Waals surface area (Å²) in [5.41, 5.74) is 0.305. The van der Waals surface area contributed by atoms with Gasteiger partial charge in [0.15, 0.2) is 5.78 Å². The minimum Gasteiger partial charge on any atom is -0.501 e. The molecule has 0 amide bonds. The monoisotopic (exact) mass is 380 g/mol. The number of phenols is 1. The number of nitro groups is 1. The lowest BCUT2D eigenvalue weighted by Crippen LogP contribution is -2.18. The SMILES string of the molecule is COc1ccc(C(=O)c2ccc(=O)n(-c3cccc(C)c3)c2)c(O)c1[N+](=O)[O-]. The fraction of sp³-hybridized carbons (Fsp3) is 0.100. The van der Waals surface area contributed by atoms with Crippen LogP contribution in [0.15, 0.2) is 59.5 Å². The van der Waals surface area contributed by atoms with Gasteiger partial charge in [0.2, 0.25) is 11.5 Å². The predicted octanol–water partition coefficient (Wildman–Crippen LogP) is 3.00. The van der Waals surface area contributed by atoms with Crippen molar-refractivity contribution in [1.82, 2.24) is 4.57 Å².